The third kappa shape index (κ3) is 3.32. The Hall–Kier alpha value is -0.830. The molecule has 0 radical (unpaired) electrons. The van der Waals surface area contributed by atoms with Crippen molar-refractivity contribution in [3.05, 3.63) is 18.2 Å². The molecule has 1 aromatic rings. The minimum Gasteiger partial charge on any atom is -0.330 e. The first-order valence-corrected chi connectivity index (χ1v) is 6.91. The van der Waals surface area contributed by atoms with Gasteiger partial charge in [-0.1, -0.05) is 20.8 Å². The molecule has 1 aliphatic carbocycles. The number of aromatic nitrogens is 2. The molecule has 0 bridgehead atoms. The van der Waals surface area contributed by atoms with Gasteiger partial charge in [-0.05, 0) is 31.6 Å². The summed E-state index contributed by atoms with van der Waals surface area (Å²) in [6, 6.07) is 1.21. The number of hydrogen-bond donors (Lipinski definition) is 1. The van der Waals surface area contributed by atoms with Gasteiger partial charge >= 0.3 is 0 Å². The van der Waals surface area contributed by atoms with Gasteiger partial charge in [-0.25, -0.2) is 4.98 Å². The van der Waals surface area contributed by atoms with Crippen LogP contribution >= 0.6 is 0 Å². The Balaban J connectivity index is 1.98. The summed E-state index contributed by atoms with van der Waals surface area (Å²) < 4.78 is 2.39. The Bertz CT molecular complexity index is 335. The highest BCUT2D eigenvalue weighted by Crippen LogP contribution is 2.32. The molecule has 1 aliphatic rings. The Morgan fingerprint density at radius 3 is 2.71 bits per heavy atom. The van der Waals surface area contributed by atoms with Crippen LogP contribution in [-0.4, -0.2) is 15.6 Å². The van der Waals surface area contributed by atoms with Gasteiger partial charge in [-0.15, -0.1) is 0 Å². The maximum atomic E-state index is 4.32. The van der Waals surface area contributed by atoms with Crippen LogP contribution in [0.5, 0.6) is 0 Å². The van der Waals surface area contributed by atoms with Crippen LogP contribution < -0.4 is 5.32 Å². The molecule has 1 N–H and O–H groups in total. The number of nitrogens with one attached hydrogen (secondary N) is 1. The van der Waals surface area contributed by atoms with E-state index < -0.39 is 0 Å². The van der Waals surface area contributed by atoms with Crippen LogP contribution in [0, 0.1) is 5.92 Å². The van der Waals surface area contributed by atoms with E-state index in [1.54, 1.807) is 0 Å². The van der Waals surface area contributed by atoms with Crippen molar-refractivity contribution in [2.75, 3.05) is 0 Å². The molecular formula is C14H25N3. The van der Waals surface area contributed by atoms with Crippen LogP contribution in [0.25, 0.3) is 0 Å². The number of hydrogen-bond acceptors (Lipinski definition) is 2. The summed E-state index contributed by atoms with van der Waals surface area (Å²) in [5.41, 5.74) is 1.33. The van der Waals surface area contributed by atoms with E-state index in [1.807, 2.05) is 12.5 Å². The van der Waals surface area contributed by atoms with Crippen molar-refractivity contribution in [2.24, 2.45) is 5.92 Å². The molecule has 0 atom stereocenters. The van der Waals surface area contributed by atoms with E-state index in [0.717, 1.165) is 12.5 Å². The molecule has 17 heavy (non-hydrogen) atoms. The smallest absolute Gasteiger partial charge is 0.0951 e. The molecular weight excluding hydrogens is 210 g/mol. The van der Waals surface area contributed by atoms with Crippen LogP contribution in [0.4, 0.5) is 0 Å². The van der Waals surface area contributed by atoms with Crippen LogP contribution in [0.1, 0.15) is 58.2 Å². The van der Waals surface area contributed by atoms with Gasteiger partial charge in [0.25, 0.3) is 0 Å². The summed E-state index contributed by atoms with van der Waals surface area (Å²) >= 11 is 0. The van der Waals surface area contributed by atoms with E-state index >= 15 is 0 Å². The van der Waals surface area contributed by atoms with Crippen LogP contribution in [-0.2, 0) is 6.54 Å². The molecule has 96 valence electrons. The zero-order chi connectivity index (χ0) is 12.3. The first-order chi connectivity index (χ1) is 8.16. The molecule has 0 saturated heterocycles. The predicted octanol–water partition coefficient (Wildman–Crippen LogP) is 3.13. The molecule has 3 heteroatoms. The molecule has 0 aliphatic heterocycles. The minimum atomic E-state index is 0.532. The Labute approximate surface area is 105 Å². The van der Waals surface area contributed by atoms with Gasteiger partial charge in [0.05, 0.1) is 12.0 Å². The van der Waals surface area contributed by atoms with Gasteiger partial charge < -0.3 is 9.88 Å². The first-order valence-electron chi connectivity index (χ1n) is 6.91. The Morgan fingerprint density at radius 1 is 1.35 bits per heavy atom. The average Bonchev–Trinajstić information content (AvgIpc) is 2.75. The van der Waals surface area contributed by atoms with Crippen LogP contribution in [0.15, 0.2) is 12.5 Å². The number of nitrogens with zero attached hydrogens (tertiary/aromatic N) is 2. The highest BCUT2D eigenvalue weighted by Gasteiger charge is 2.20. The first kappa shape index (κ1) is 12.6. The van der Waals surface area contributed by atoms with Crippen molar-refractivity contribution in [2.45, 2.75) is 65.1 Å². The molecule has 2 rings (SSSR count). The molecule has 0 spiro atoms. The molecule has 1 fully saturated rings. The highest BCUT2D eigenvalue weighted by atomic mass is 15.1. The fraction of sp³-hybridized carbons (Fsp3) is 0.786. The quantitative estimate of drug-likeness (QED) is 0.869. The lowest BCUT2D eigenvalue weighted by Crippen LogP contribution is -2.25. The molecule has 0 aromatic carbocycles. The van der Waals surface area contributed by atoms with Crippen molar-refractivity contribution in [1.29, 1.82) is 0 Å². The van der Waals surface area contributed by atoms with Gasteiger partial charge in [0.1, 0.15) is 0 Å². The number of imidazole rings is 1. The third-order valence-electron chi connectivity index (χ3n) is 3.82. The number of rotatable bonds is 4. The van der Waals surface area contributed by atoms with Crippen molar-refractivity contribution >= 4 is 0 Å². The van der Waals surface area contributed by atoms with E-state index in [2.05, 4.69) is 35.6 Å². The zero-order valence-electron chi connectivity index (χ0n) is 11.3. The van der Waals surface area contributed by atoms with Gasteiger partial charge in [0.15, 0.2) is 0 Å². The SMILES string of the molecule is CC1CCC(n2cncc2CNC(C)C)CC1. The summed E-state index contributed by atoms with van der Waals surface area (Å²) in [4.78, 5) is 4.32. The summed E-state index contributed by atoms with van der Waals surface area (Å²) in [5, 5.41) is 3.48. The lowest BCUT2D eigenvalue weighted by molar-refractivity contribution is 0.284. The standard InChI is InChI=1S/C14H25N3/c1-11(2)16-9-14-8-15-10-17(14)13-6-4-12(3)5-7-13/h8,10-13,16H,4-7,9H2,1-3H3. The zero-order valence-corrected chi connectivity index (χ0v) is 11.3. The molecule has 1 aromatic heterocycles. The summed E-state index contributed by atoms with van der Waals surface area (Å²) in [6.07, 6.45) is 9.36. The van der Waals surface area contributed by atoms with Crippen molar-refractivity contribution in [3.63, 3.8) is 0 Å². The second-order valence-corrected chi connectivity index (χ2v) is 5.74. The van der Waals surface area contributed by atoms with Gasteiger partial charge in [0, 0.05) is 24.8 Å². The molecule has 0 unspecified atom stereocenters. The normalized spacial score (nSPS) is 25.4. The maximum absolute atomic E-state index is 4.32. The highest BCUT2D eigenvalue weighted by molar-refractivity contribution is 5.01. The van der Waals surface area contributed by atoms with Crippen molar-refractivity contribution in [3.8, 4) is 0 Å². The van der Waals surface area contributed by atoms with Crippen LogP contribution in [0.2, 0.25) is 0 Å². The Morgan fingerprint density at radius 2 is 2.06 bits per heavy atom. The van der Waals surface area contributed by atoms with Crippen molar-refractivity contribution < 1.29 is 0 Å². The topological polar surface area (TPSA) is 29.9 Å². The second kappa shape index (κ2) is 5.67. The lowest BCUT2D eigenvalue weighted by Gasteiger charge is -2.28. The summed E-state index contributed by atoms with van der Waals surface area (Å²) in [7, 11) is 0. The minimum absolute atomic E-state index is 0.532. The fourth-order valence-electron chi connectivity index (χ4n) is 2.63. The average molecular weight is 235 g/mol. The largest absolute Gasteiger partial charge is 0.330 e. The van der Waals surface area contributed by atoms with Gasteiger partial charge in [-0.3, -0.25) is 0 Å². The van der Waals surface area contributed by atoms with E-state index in [0.29, 0.717) is 12.1 Å². The lowest BCUT2D eigenvalue weighted by atomic mass is 9.87. The van der Waals surface area contributed by atoms with E-state index in [4.69, 9.17) is 0 Å². The van der Waals surface area contributed by atoms with E-state index in [1.165, 1.54) is 31.4 Å². The monoisotopic (exact) mass is 235 g/mol. The van der Waals surface area contributed by atoms with Crippen molar-refractivity contribution in [1.82, 2.24) is 14.9 Å². The van der Waals surface area contributed by atoms with E-state index in [-0.39, 0.29) is 0 Å². The molecule has 1 heterocycles. The summed E-state index contributed by atoms with van der Waals surface area (Å²) in [6.45, 7) is 7.67. The fourth-order valence-corrected chi connectivity index (χ4v) is 2.63. The maximum Gasteiger partial charge on any atom is 0.0951 e. The van der Waals surface area contributed by atoms with Gasteiger partial charge in [0.2, 0.25) is 0 Å². The summed E-state index contributed by atoms with van der Waals surface area (Å²) in [5.74, 6) is 0.909. The molecule has 1 saturated carbocycles. The second-order valence-electron chi connectivity index (χ2n) is 5.74. The predicted molar refractivity (Wildman–Crippen MR) is 70.9 cm³/mol. The van der Waals surface area contributed by atoms with Gasteiger partial charge in [-0.2, -0.15) is 0 Å². The Kier molecular flexibility index (Phi) is 4.21. The molecule has 0 amide bonds. The van der Waals surface area contributed by atoms with E-state index in [9.17, 15) is 0 Å². The third-order valence-corrected chi connectivity index (χ3v) is 3.82. The molecule has 3 nitrogen and oxygen atoms in total. The van der Waals surface area contributed by atoms with Crippen LogP contribution in [0.3, 0.4) is 0 Å².